The van der Waals surface area contributed by atoms with Crippen molar-refractivity contribution in [1.82, 2.24) is 15.0 Å². The van der Waals surface area contributed by atoms with Crippen molar-refractivity contribution in [2.45, 2.75) is 19.6 Å². The lowest BCUT2D eigenvalue weighted by atomic mass is 10.3. The van der Waals surface area contributed by atoms with Crippen LogP contribution in [0.1, 0.15) is 23.6 Å². The number of hydrogen-bond acceptors (Lipinski definition) is 4. The smallest absolute Gasteiger partial charge is 0.111 e. The standard InChI is InChI=1S/C9H10BrN3OS/c1-6(14)8-5-13(12-11-8)4-7-2-3-9(10)15-7/h2-3,5-6,14H,4H2,1H3. The van der Waals surface area contributed by atoms with Crippen LogP contribution in [-0.2, 0) is 6.54 Å². The Hall–Kier alpha value is -0.720. The quantitative estimate of drug-likeness (QED) is 0.942. The van der Waals surface area contributed by atoms with Crippen molar-refractivity contribution in [2.75, 3.05) is 0 Å². The summed E-state index contributed by atoms with van der Waals surface area (Å²) in [5.41, 5.74) is 0.602. The van der Waals surface area contributed by atoms with Crippen LogP contribution >= 0.6 is 27.3 Å². The Bertz CT molecular complexity index is 452. The number of rotatable bonds is 3. The summed E-state index contributed by atoms with van der Waals surface area (Å²) in [5.74, 6) is 0. The van der Waals surface area contributed by atoms with E-state index in [2.05, 4.69) is 26.2 Å². The summed E-state index contributed by atoms with van der Waals surface area (Å²) < 4.78 is 2.83. The molecule has 6 heteroatoms. The number of aromatic nitrogens is 3. The van der Waals surface area contributed by atoms with Crippen molar-refractivity contribution >= 4 is 27.3 Å². The van der Waals surface area contributed by atoms with E-state index < -0.39 is 6.10 Å². The van der Waals surface area contributed by atoms with Crippen LogP contribution in [0.4, 0.5) is 0 Å². The highest BCUT2D eigenvalue weighted by atomic mass is 79.9. The molecule has 0 aliphatic carbocycles. The molecule has 0 amide bonds. The molecule has 0 bridgehead atoms. The van der Waals surface area contributed by atoms with Crippen molar-refractivity contribution in [2.24, 2.45) is 0 Å². The number of aliphatic hydroxyl groups is 1. The zero-order valence-electron chi connectivity index (χ0n) is 8.09. The molecule has 2 aromatic rings. The number of nitrogens with zero attached hydrogens (tertiary/aromatic N) is 3. The fourth-order valence-electron chi connectivity index (χ4n) is 1.18. The Balaban J connectivity index is 2.11. The van der Waals surface area contributed by atoms with Crippen molar-refractivity contribution < 1.29 is 5.11 Å². The van der Waals surface area contributed by atoms with Gasteiger partial charge >= 0.3 is 0 Å². The molecular formula is C9H10BrN3OS. The van der Waals surface area contributed by atoms with E-state index in [1.165, 1.54) is 4.88 Å². The number of aliphatic hydroxyl groups excluding tert-OH is 1. The maximum Gasteiger partial charge on any atom is 0.111 e. The first-order chi connectivity index (χ1) is 7.15. The normalized spacial score (nSPS) is 13.0. The van der Waals surface area contributed by atoms with Crippen LogP contribution in [0.25, 0.3) is 0 Å². The highest BCUT2D eigenvalue weighted by molar-refractivity contribution is 9.11. The minimum absolute atomic E-state index is 0.561. The van der Waals surface area contributed by atoms with E-state index in [-0.39, 0.29) is 0 Å². The molecule has 0 saturated carbocycles. The number of thiophene rings is 1. The monoisotopic (exact) mass is 287 g/mol. The van der Waals surface area contributed by atoms with Crippen LogP contribution < -0.4 is 0 Å². The molecule has 2 rings (SSSR count). The first-order valence-corrected chi connectivity index (χ1v) is 6.08. The molecule has 0 aromatic carbocycles. The first-order valence-electron chi connectivity index (χ1n) is 4.47. The second-order valence-electron chi connectivity index (χ2n) is 3.22. The summed E-state index contributed by atoms with van der Waals surface area (Å²) in [6.07, 6.45) is 1.20. The van der Waals surface area contributed by atoms with Gasteiger partial charge < -0.3 is 5.11 Å². The van der Waals surface area contributed by atoms with Gasteiger partial charge in [0.2, 0.25) is 0 Å². The Morgan fingerprint density at radius 1 is 1.60 bits per heavy atom. The van der Waals surface area contributed by atoms with Gasteiger partial charge in [0.15, 0.2) is 0 Å². The van der Waals surface area contributed by atoms with E-state index in [9.17, 15) is 5.11 Å². The van der Waals surface area contributed by atoms with Crippen LogP contribution in [-0.4, -0.2) is 20.1 Å². The lowest BCUT2D eigenvalue weighted by molar-refractivity contribution is 0.194. The second kappa shape index (κ2) is 4.42. The largest absolute Gasteiger partial charge is 0.387 e. The Kier molecular flexibility index (Phi) is 3.18. The van der Waals surface area contributed by atoms with Crippen molar-refractivity contribution in [3.05, 3.63) is 32.7 Å². The second-order valence-corrected chi connectivity index (χ2v) is 5.77. The molecule has 2 aromatic heterocycles. The van der Waals surface area contributed by atoms with E-state index >= 15 is 0 Å². The van der Waals surface area contributed by atoms with E-state index in [0.717, 1.165) is 3.79 Å². The van der Waals surface area contributed by atoms with Crippen LogP contribution in [0.5, 0.6) is 0 Å². The van der Waals surface area contributed by atoms with Crippen LogP contribution in [0.15, 0.2) is 22.1 Å². The topological polar surface area (TPSA) is 50.9 Å². The molecule has 2 heterocycles. The number of hydrogen-bond donors (Lipinski definition) is 1. The summed E-state index contributed by atoms with van der Waals surface area (Å²) in [7, 11) is 0. The zero-order chi connectivity index (χ0) is 10.8. The zero-order valence-corrected chi connectivity index (χ0v) is 10.5. The number of halogens is 1. The van der Waals surface area contributed by atoms with Crippen molar-refractivity contribution in [1.29, 1.82) is 0 Å². The molecule has 4 nitrogen and oxygen atoms in total. The third-order valence-corrected chi connectivity index (χ3v) is 3.54. The summed E-state index contributed by atoms with van der Waals surface area (Å²) >= 11 is 5.07. The van der Waals surface area contributed by atoms with Gasteiger partial charge in [-0.05, 0) is 35.0 Å². The molecule has 1 N–H and O–H groups in total. The predicted octanol–water partition coefficient (Wildman–Crippen LogP) is 2.20. The van der Waals surface area contributed by atoms with Gasteiger partial charge in [-0.15, -0.1) is 16.4 Å². The van der Waals surface area contributed by atoms with Gasteiger partial charge in [0, 0.05) is 4.88 Å². The minimum Gasteiger partial charge on any atom is -0.387 e. The Labute approximate surface area is 99.7 Å². The van der Waals surface area contributed by atoms with Crippen molar-refractivity contribution in [3.63, 3.8) is 0 Å². The maximum atomic E-state index is 9.29. The predicted molar refractivity (Wildman–Crippen MR) is 61.8 cm³/mol. The molecule has 0 radical (unpaired) electrons. The molecule has 1 atom stereocenters. The van der Waals surface area contributed by atoms with E-state index in [0.29, 0.717) is 12.2 Å². The molecule has 0 aliphatic rings. The average Bonchev–Trinajstić information content (AvgIpc) is 2.76. The van der Waals surface area contributed by atoms with E-state index in [1.807, 2.05) is 12.1 Å². The molecule has 1 unspecified atom stereocenters. The molecule has 0 saturated heterocycles. The van der Waals surface area contributed by atoms with Gasteiger partial charge in [-0.2, -0.15) is 0 Å². The molecule has 0 spiro atoms. The summed E-state index contributed by atoms with van der Waals surface area (Å²) in [4.78, 5) is 1.20. The molecule has 0 aliphatic heterocycles. The highest BCUT2D eigenvalue weighted by Gasteiger charge is 2.07. The van der Waals surface area contributed by atoms with Crippen LogP contribution in [0.2, 0.25) is 0 Å². The van der Waals surface area contributed by atoms with E-state index in [4.69, 9.17) is 0 Å². The fourth-order valence-corrected chi connectivity index (χ4v) is 2.65. The van der Waals surface area contributed by atoms with E-state index in [1.54, 1.807) is 29.1 Å². The third kappa shape index (κ3) is 2.64. The van der Waals surface area contributed by atoms with Gasteiger partial charge in [-0.3, -0.25) is 0 Å². The summed E-state index contributed by atoms with van der Waals surface area (Å²) in [6.45, 7) is 2.37. The Morgan fingerprint density at radius 3 is 2.93 bits per heavy atom. The molecular weight excluding hydrogens is 278 g/mol. The lowest BCUT2D eigenvalue weighted by Crippen LogP contribution is -1.98. The third-order valence-electron chi connectivity index (χ3n) is 1.93. The lowest BCUT2D eigenvalue weighted by Gasteiger charge is -1.96. The summed E-state index contributed by atoms with van der Waals surface area (Å²) in [6, 6.07) is 4.05. The van der Waals surface area contributed by atoms with Gasteiger partial charge in [-0.1, -0.05) is 5.21 Å². The van der Waals surface area contributed by atoms with Gasteiger partial charge in [-0.25, -0.2) is 4.68 Å². The molecule has 80 valence electrons. The highest BCUT2D eigenvalue weighted by Crippen LogP contribution is 2.22. The molecule has 15 heavy (non-hydrogen) atoms. The maximum absolute atomic E-state index is 9.29. The van der Waals surface area contributed by atoms with Crippen molar-refractivity contribution in [3.8, 4) is 0 Å². The van der Waals surface area contributed by atoms with Crippen LogP contribution in [0.3, 0.4) is 0 Å². The van der Waals surface area contributed by atoms with Gasteiger partial charge in [0.25, 0.3) is 0 Å². The minimum atomic E-state index is -0.561. The van der Waals surface area contributed by atoms with Gasteiger partial charge in [0.1, 0.15) is 5.69 Å². The SMILES string of the molecule is CC(O)c1cn(Cc2ccc(Br)s2)nn1. The van der Waals surface area contributed by atoms with Gasteiger partial charge in [0.05, 0.1) is 22.6 Å². The Morgan fingerprint density at radius 2 is 2.40 bits per heavy atom. The molecule has 0 fully saturated rings. The average molecular weight is 288 g/mol. The fraction of sp³-hybridized carbons (Fsp3) is 0.333. The first kappa shape index (κ1) is 10.8. The summed E-state index contributed by atoms with van der Waals surface area (Å²) in [5, 5.41) is 17.1. The van der Waals surface area contributed by atoms with Crippen LogP contribution in [0, 0.1) is 0 Å².